The predicted octanol–water partition coefficient (Wildman–Crippen LogP) is 6.88. The molecule has 0 saturated heterocycles. The van der Waals surface area contributed by atoms with E-state index in [-0.39, 0.29) is 5.25 Å². The molecule has 0 radical (unpaired) electrons. The van der Waals surface area contributed by atoms with Gasteiger partial charge in [0.15, 0.2) is 11.5 Å². The molecular formula is C28H38O4S2. The van der Waals surface area contributed by atoms with E-state index in [1.165, 1.54) is 42.6 Å². The van der Waals surface area contributed by atoms with Crippen LogP contribution in [-0.4, -0.2) is 34.9 Å². The molecule has 0 N–H and O–H groups in total. The zero-order chi connectivity index (χ0) is 24.6. The van der Waals surface area contributed by atoms with Crippen LogP contribution in [0.15, 0.2) is 47.4 Å². The van der Waals surface area contributed by atoms with Crippen molar-refractivity contribution in [1.82, 2.24) is 0 Å². The third-order valence-corrected chi connectivity index (χ3v) is 8.16. The van der Waals surface area contributed by atoms with Gasteiger partial charge in [-0.1, -0.05) is 57.9 Å². The highest BCUT2D eigenvalue weighted by Crippen LogP contribution is 2.33. The third-order valence-electron chi connectivity index (χ3n) is 5.49. The van der Waals surface area contributed by atoms with Gasteiger partial charge in [0.1, 0.15) is 5.75 Å². The predicted molar refractivity (Wildman–Crippen MR) is 145 cm³/mol. The zero-order valence-corrected chi connectivity index (χ0v) is 22.3. The summed E-state index contributed by atoms with van der Waals surface area (Å²) in [6.07, 6.45) is 13.5. The second-order valence-electron chi connectivity index (χ2n) is 8.22. The lowest BCUT2D eigenvalue weighted by Gasteiger charge is -2.12. The molecule has 0 spiro atoms. The van der Waals surface area contributed by atoms with Gasteiger partial charge in [0.05, 0.1) is 12.9 Å². The van der Waals surface area contributed by atoms with Crippen LogP contribution in [-0.2, 0) is 17.2 Å². The maximum atomic E-state index is 12.3. The molecule has 3 rings (SSSR count). The molecule has 1 aliphatic heterocycles. The van der Waals surface area contributed by atoms with Crippen LogP contribution < -0.4 is 14.2 Å². The van der Waals surface area contributed by atoms with Crippen molar-refractivity contribution in [2.24, 2.45) is 0 Å². The summed E-state index contributed by atoms with van der Waals surface area (Å²) >= 11 is 1.65. The number of hydrogen-bond acceptors (Lipinski definition) is 5. The van der Waals surface area contributed by atoms with Gasteiger partial charge in [0, 0.05) is 26.7 Å². The van der Waals surface area contributed by atoms with Gasteiger partial charge >= 0.3 is 0 Å². The molecule has 1 heterocycles. The summed E-state index contributed by atoms with van der Waals surface area (Å²) in [5.41, 5.74) is 1.17. The molecule has 0 amide bonds. The van der Waals surface area contributed by atoms with Crippen LogP contribution >= 0.6 is 11.8 Å². The van der Waals surface area contributed by atoms with E-state index in [0.717, 1.165) is 35.8 Å². The fourth-order valence-corrected chi connectivity index (χ4v) is 5.36. The Bertz CT molecular complexity index is 906. The van der Waals surface area contributed by atoms with Crippen LogP contribution in [0, 0.1) is 12.3 Å². The van der Waals surface area contributed by atoms with Gasteiger partial charge in [0.25, 0.3) is 0 Å². The molecule has 0 aromatic heterocycles. The van der Waals surface area contributed by atoms with Gasteiger partial charge in [-0.15, -0.1) is 18.2 Å². The maximum Gasteiger partial charge on any atom is 0.231 e. The SMILES string of the molecule is C#CCSc1ccc(OC)cc1.CCCCCCCCS(=O)C(C)Cc1ccc2c(c1)OCO2. The number of hydrogen-bond donors (Lipinski definition) is 0. The third kappa shape index (κ3) is 10.4. The van der Waals surface area contributed by atoms with E-state index in [0.29, 0.717) is 12.5 Å². The number of fused-ring (bicyclic) bond motifs is 1. The van der Waals surface area contributed by atoms with Gasteiger partial charge in [-0.05, 0) is 54.8 Å². The second-order valence-corrected chi connectivity index (χ2v) is 11.2. The Kier molecular flexibility index (Phi) is 13.7. The second kappa shape index (κ2) is 16.5. The Morgan fingerprint density at radius 1 is 1.06 bits per heavy atom. The highest BCUT2D eigenvalue weighted by atomic mass is 32.2. The molecule has 4 nitrogen and oxygen atoms in total. The molecule has 186 valence electrons. The number of ether oxygens (including phenoxy) is 3. The van der Waals surface area contributed by atoms with Crippen molar-refractivity contribution < 1.29 is 18.4 Å². The van der Waals surface area contributed by atoms with Crippen molar-refractivity contribution in [3.63, 3.8) is 0 Å². The topological polar surface area (TPSA) is 44.8 Å². The fraction of sp³-hybridized carbons (Fsp3) is 0.500. The summed E-state index contributed by atoms with van der Waals surface area (Å²) in [6, 6.07) is 13.9. The van der Waals surface area contributed by atoms with Crippen molar-refractivity contribution >= 4 is 22.6 Å². The molecule has 34 heavy (non-hydrogen) atoms. The Labute approximate surface area is 212 Å². The molecule has 0 aliphatic carbocycles. The summed E-state index contributed by atoms with van der Waals surface area (Å²) in [7, 11) is 0.914. The standard InChI is InChI=1S/C18H28O3S.C10H10OS/c1-3-4-5-6-7-8-11-22(19)15(2)12-16-9-10-17-18(13-16)21-14-20-17;1-3-8-12-10-6-4-9(11-2)5-7-10/h9-10,13,15H,3-8,11-12,14H2,1-2H3;1,4-7H,8H2,2H3. The smallest absolute Gasteiger partial charge is 0.231 e. The van der Waals surface area contributed by atoms with E-state index in [1.807, 2.05) is 42.5 Å². The Hall–Kier alpha value is -2.10. The van der Waals surface area contributed by atoms with Crippen LogP contribution in [0.5, 0.6) is 17.2 Å². The lowest BCUT2D eigenvalue weighted by atomic mass is 10.1. The minimum absolute atomic E-state index is 0.191. The number of terminal acetylenes is 1. The van der Waals surface area contributed by atoms with Gasteiger partial charge in [0.2, 0.25) is 6.79 Å². The van der Waals surface area contributed by atoms with E-state index >= 15 is 0 Å². The molecular weight excluding hydrogens is 464 g/mol. The highest BCUT2D eigenvalue weighted by molar-refractivity contribution is 7.99. The summed E-state index contributed by atoms with van der Waals surface area (Å²) in [5, 5.41) is 0.191. The normalized spacial score (nSPS) is 13.4. The van der Waals surface area contributed by atoms with Crippen molar-refractivity contribution in [3.05, 3.63) is 48.0 Å². The van der Waals surface area contributed by atoms with Crippen LogP contribution in [0.1, 0.15) is 57.9 Å². The molecule has 0 bridgehead atoms. The molecule has 6 heteroatoms. The van der Waals surface area contributed by atoms with E-state index < -0.39 is 10.8 Å². The summed E-state index contributed by atoms with van der Waals surface area (Å²) in [4.78, 5) is 1.17. The van der Waals surface area contributed by atoms with E-state index in [1.54, 1.807) is 18.9 Å². The monoisotopic (exact) mass is 502 g/mol. The number of methoxy groups -OCH3 is 1. The molecule has 2 aromatic carbocycles. The van der Waals surface area contributed by atoms with E-state index in [9.17, 15) is 4.21 Å². The van der Waals surface area contributed by atoms with Gasteiger partial charge in [-0.25, -0.2) is 0 Å². The Morgan fingerprint density at radius 3 is 2.47 bits per heavy atom. The van der Waals surface area contributed by atoms with E-state index in [4.69, 9.17) is 20.6 Å². The summed E-state index contributed by atoms with van der Waals surface area (Å²) in [5.74, 6) is 6.62. The number of unbranched alkanes of at least 4 members (excludes halogenated alkanes) is 5. The lowest BCUT2D eigenvalue weighted by molar-refractivity contribution is 0.174. The maximum absolute atomic E-state index is 12.3. The number of thioether (sulfide) groups is 1. The first kappa shape index (κ1) is 28.1. The first-order valence-electron chi connectivity index (χ1n) is 12.0. The van der Waals surface area contributed by atoms with Crippen LogP contribution in [0.2, 0.25) is 0 Å². The van der Waals surface area contributed by atoms with E-state index in [2.05, 4.69) is 19.8 Å². The first-order valence-corrected chi connectivity index (χ1v) is 14.4. The van der Waals surface area contributed by atoms with Gasteiger partial charge in [-0.3, -0.25) is 4.21 Å². The van der Waals surface area contributed by atoms with Crippen molar-refractivity contribution in [1.29, 1.82) is 0 Å². The molecule has 1 aliphatic rings. The number of rotatable bonds is 13. The van der Waals surface area contributed by atoms with Crippen LogP contribution in [0.25, 0.3) is 0 Å². The average molecular weight is 503 g/mol. The summed E-state index contributed by atoms with van der Waals surface area (Å²) in [6.45, 7) is 4.61. The average Bonchev–Trinajstić information content (AvgIpc) is 3.33. The molecule has 2 aromatic rings. The largest absolute Gasteiger partial charge is 0.497 e. The summed E-state index contributed by atoms with van der Waals surface area (Å²) < 4.78 is 28.1. The van der Waals surface area contributed by atoms with Gasteiger partial charge < -0.3 is 14.2 Å². The fourth-order valence-electron chi connectivity index (χ4n) is 3.52. The molecule has 2 unspecified atom stereocenters. The molecule has 0 saturated carbocycles. The molecule has 2 atom stereocenters. The minimum atomic E-state index is -0.743. The van der Waals surface area contributed by atoms with Crippen molar-refractivity contribution in [3.8, 4) is 29.6 Å². The molecule has 0 fully saturated rings. The van der Waals surface area contributed by atoms with Crippen molar-refractivity contribution in [2.75, 3.05) is 25.4 Å². The minimum Gasteiger partial charge on any atom is -0.497 e. The lowest BCUT2D eigenvalue weighted by Crippen LogP contribution is -2.16. The Morgan fingerprint density at radius 2 is 1.76 bits per heavy atom. The first-order chi connectivity index (χ1) is 16.6. The number of benzene rings is 2. The zero-order valence-electron chi connectivity index (χ0n) is 20.7. The van der Waals surface area contributed by atoms with Crippen LogP contribution in [0.4, 0.5) is 0 Å². The van der Waals surface area contributed by atoms with Crippen molar-refractivity contribution in [2.45, 2.75) is 68.9 Å². The van der Waals surface area contributed by atoms with Gasteiger partial charge in [-0.2, -0.15) is 0 Å². The highest BCUT2D eigenvalue weighted by Gasteiger charge is 2.16. The Balaban J connectivity index is 0.000000287. The van der Waals surface area contributed by atoms with Crippen LogP contribution in [0.3, 0.4) is 0 Å². The quantitative estimate of drug-likeness (QED) is 0.170.